The maximum Gasteiger partial charge on any atom is 0.0921 e. The van der Waals surface area contributed by atoms with Crippen molar-refractivity contribution >= 4 is 40.5 Å². The lowest BCUT2D eigenvalue weighted by molar-refractivity contribution is 0.0734. The highest BCUT2D eigenvalue weighted by Crippen LogP contribution is 2.48. The highest BCUT2D eigenvalue weighted by Gasteiger charge is 2.41. The van der Waals surface area contributed by atoms with Crippen LogP contribution in [0.1, 0.15) is 23.6 Å². The Kier molecular flexibility index (Phi) is 3.31. The van der Waals surface area contributed by atoms with Crippen molar-refractivity contribution in [1.29, 1.82) is 0 Å². The normalized spacial score (nSPS) is 23.3. The van der Waals surface area contributed by atoms with Crippen molar-refractivity contribution in [2.75, 3.05) is 5.06 Å². The summed E-state index contributed by atoms with van der Waals surface area (Å²) in [7, 11) is 0. The molecule has 2 atom stereocenters. The lowest BCUT2D eigenvalue weighted by Crippen LogP contribution is -2.27. The first-order valence-corrected chi connectivity index (χ1v) is 7.95. The predicted molar refractivity (Wildman–Crippen MR) is 86.3 cm³/mol. The third-order valence-corrected chi connectivity index (χ3v) is 4.99. The van der Waals surface area contributed by atoms with Gasteiger partial charge in [0, 0.05) is 33.5 Å². The van der Waals surface area contributed by atoms with E-state index in [2.05, 4.69) is 0 Å². The van der Waals surface area contributed by atoms with Crippen molar-refractivity contribution in [1.82, 2.24) is 0 Å². The molecule has 5 heteroatoms. The number of hydroxylamine groups is 1. The third-order valence-electron chi connectivity index (χ3n) is 4.09. The lowest BCUT2D eigenvalue weighted by atomic mass is 10.0. The summed E-state index contributed by atoms with van der Waals surface area (Å²) in [6.45, 7) is 0. The Morgan fingerprint density at radius 1 is 1.05 bits per heavy atom. The average Bonchev–Trinajstić information content (AvgIpc) is 2.76. The minimum atomic E-state index is 0.0404. The van der Waals surface area contributed by atoms with Gasteiger partial charge in [0.05, 0.1) is 17.8 Å². The zero-order valence-electron chi connectivity index (χ0n) is 11.0. The van der Waals surface area contributed by atoms with Crippen LogP contribution in [0.2, 0.25) is 15.1 Å². The van der Waals surface area contributed by atoms with E-state index in [1.165, 1.54) is 5.56 Å². The molecule has 2 aromatic carbocycles. The summed E-state index contributed by atoms with van der Waals surface area (Å²) in [5.41, 5.74) is 3.20. The molecule has 108 valence electrons. The van der Waals surface area contributed by atoms with E-state index in [0.29, 0.717) is 10.0 Å². The van der Waals surface area contributed by atoms with Gasteiger partial charge < -0.3 is 0 Å². The van der Waals surface area contributed by atoms with Gasteiger partial charge in [-0.3, -0.25) is 4.84 Å². The molecule has 0 aliphatic carbocycles. The molecule has 0 saturated carbocycles. The Bertz CT molecular complexity index is 698. The number of anilines is 1. The molecule has 1 fully saturated rings. The smallest absolute Gasteiger partial charge is 0.0921 e. The quantitative estimate of drug-likeness (QED) is 0.684. The lowest BCUT2D eigenvalue weighted by Gasteiger charge is -2.30. The fourth-order valence-electron chi connectivity index (χ4n) is 3.21. The van der Waals surface area contributed by atoms with Crippen LogP contribution in [-0.4, -0.2) is 6.10 Å². The van der Waals surface area contributed by atoms with Gasteiger partial charge in [-0.05, 0) is 35.9 Å². The molecule has 21 heavy (non-hydrogen) atoms. The van der Waals surface area contributed by atoms with Crippen LogP contribution >= 0.6 is 34.8 Å². The molecule has 0 radical (unpaired) electrons. The van der Waals surface area contributed by atoms with Crippen LogP contribution in [0.3, 0.4) is 0 Å². The van der Waals surface area contributed by atoms with Crippen LogP contribution in [0.25, 0.3) is 0 Å². The van der Waals surface area contributed by atoms with E-state index in [9.17, 15) is 0 Å². The van der Waals surface area contributed by atoms with Gasteiger partial charge in [0.15, 0.2) is 0 Å². The minimum Gasteiger partial charge on any atom is -0.269 e. The Balaban J connectivity index is 1.82. The number of fused-ring (bicyclic) bond motifs is 4. The van der Waals surface area contributed by atoms with Crippen LogP contribution in [-0.2, 0) is 11.3 Å². The Morgan fingerprint density at radius 3 is 2.57 bits per heavy atom. The summed E-state index contributed by atoms with van der Waals surface area (Å²) >= 11 is 18.8. The number of hydrogen-bond donors (Lipinski definition) is 0. The second-order valence-electron chi connectivity index (χ2n) is 5.42. The maximum absolute atomic E-state index is 6.36. The zero-order chi connectivity index (χ0) is 14.6. The maximum atomic E-state index is 6.36. The summed E-state index contributed by atoms with van der Waals surface area (Å²) in [4.78, 5) is 6.01. The summed E-state index contributed by atoms with van der Waals surface area (Å²) < 4.78 is 0. The van der Waals surface area contributed by atoms with Crippen molar-refractivity contribution in [3.05, 3.63) is 62.6 Å². The summed E-state index contributed by atoms with van der Waals surface area (Å²) in [6.07, 6.45) is 1.88. The van der Waals surface area contributed by atoms with Gasteiger partial charge in [-0.2, -0.15) is 0 Å². The van der Waals surface area contributed by atoms with Crippen LogP contribution in [0.15, 0.2) is 36.4 Å². The summed E-state index contributed by atoms with van der Waals surface area (Å²) in [5.74, 6) is 0. The van der Waals surface area contributed by atoms with Crippen LogP contribution in [0.5, 0.6) is 0 Å². The molecule has 2 aromatic rings. The van der Waals surface area contributed by atoms with Crippen LogP contribution in [0, 0.1) is 0 Å². The largest absolute Gasteiger partial charge is 0.269 e. The van der Waals surface area contributed by atoms with Crippen molar-refractivity contribution in [3.8, 4) is 0 Å². The molecule has 4 rings (SSSR count). The molecule has 2 aliphatic rings. The molecule has 1 saturated heterocycles. The topological polar surface area (TPSA) is 12.5 Å². The van der Waals surface area contributed by atoms with Crippen LogP contribution < -0.4 is 5.06 Å². The van der Waals surface area contributed by atoms with Crippen molar-refractivity contribution in [2.24, 2.45) is 0 Å². The fourth-order valence-corrected chi connectivity index (χ4v) is 4.05. The number of benzene rings is 2. The van der Waals surface area contributed by atoms with E-state index >= 15 is 0 Å². The number of nitrogens with zero attached hydrogens (tertiary/aromatic N) is 1. The van der Waals surface area contributed by atoms with Gasteiger partial charge in [0.25, 0.3) is 0 Å². The third kappa shape index (κ3) is 2.22. The minimum absolute atomic E-state index is 0.0404. The van der Waals surface area contributed by atoms with E-state index in [4.69, 9.17) is 39.6 Å². The molecule has 0 aromatic heterocycles. The molecule has 2 bridgehead atoms. The fraction of sp³-hybridized carbons (Fsp3) is 0.250. The van der Waals surface area contributed by atoms with Crippen molar-refractivity contribution in [3.63, 3.8) is 0 Å². The molecule has 2 heterocycles. The summed E-state index contributed by atoms with van der Waals surface area (Å²) in [6, 6.07) is 11.5. The molecule has 2 nitrogen and oxygen atoms in total. The average molecular weight is 341 g/mol. The second kappa shape index (κ2) is 5.06. The Hall–Kier alpha value is -0.930. The number of rotatable bonds is 1. The van der Waals surface area contributed by atoms with Gasteiger partial charge in [-0.25, -0.2) is 5.06 Å². The first-order chi connectivity index (χ1) is 10.1. The molecular weight excluding hydrogens is 329 g/mol. The van der Waals surface area contributed by atoms with E-state index in [0.717, 1.165) is 29.1 Å². The van der Waals surface area contributed by atoms with E-state index in [1.807, 2.05) is 41.5 Å². The number of hydrogen-bond acceptors (Lipinski definition) is 2. The Labute approximate surface area is 138 Å². The van der Waals surface area contributed by atoms with Crippen LogP contribution in [0.4, 0.5) is 5.69 Å². The second-order valence-corrected chi connectivity index (χ2v) is 6.67. The van der Waals surface area contributed by atoms with E-state index < -0.39 is 0 Å². The molecule has 0 spiro atoms. The molecular formula is C16H12Cl3NO. The van der Waals surface area contributed by atoms with E-state index in [-0.39, 0.29) is 12.1 Å². The SMILES string of the molecule is Clc1ccc2c(c1)C[C@H]1C[C@@H](c3c(Cl)cccc3Cl)N2O1. The molecule has 2 aliphatic heterocycles. The predicted octanol–water partition coefficient (Wildman–Crippen LogP) is 5.45. The van der Waals surface area contributed by atoms with Gasteiger partial charge in [-0.15, -0.1) is 0 Å². The molecule has 0 amide bonds. The van der Waals surface area contributed by atoms with Crippen molar-refractivity contribution < 1.29 is 4.84 Å². The zero-order valence-corrected chi connectivity index (χ0v) is 13.3. The van der Waals surface area contributed by atoms with E-state index in [1.54, 1.807) is 0 Å². The van der Waals surface area contributed by atoms with Gasteiger partial charge in [-0.1, -0.05) is 40.9 Å². The molecule has 0 N–H and O–H groups in total. The van der Waals surface area contributed by atoms with Gasteiger partial charge >= 0.3 is 0 Å². The highest BCUT2D eigenvalue weighted by molar-refractivity contribution is 6.36. The highest BCUT2D eigenvalue weighted by atomic mass is 35.5. The molecule has 0 unspecified atom stereocenters. The standard InChI is InChI=1S/C16H12Cl3NO/c17-10-4-5-14-9(6-10)7-11-8-15(20(14)21-11)16-12(18)2-1-3-13(16)19/h1-6,11,15H,7-8H2/t11-,15-/m0/s1. The van der Waals surface area contributed by atoms with Gasteiger partial charge in [0.2, 0.25) is 0 Å². The first-order valence-electron chi connectivity index (χ1n) is 6.82. The van der Waals surface area contributed by atoms with Crippen molar-refractivity contribution in [2.45, 2.75) is 25.0 Å². The van der Waals surface area contributed by atoms with Gasteiger partial charge in [0.1, 0.15) is 0 Å². The number of halogens is 3. The first kappa shape index (κ1) is 13.7. The Morgan fingerprint density at radius 2 is 1.81 bits per heavy atom. The monoisotopic (exact) mass is 339 g/mol. The summed E-state index contributed by atoms with van der Waals surface area (Å²) in [5, 5.41) is 4.05.